The smallest absolute Gasteiger partial charge is 0.337 e. The highest BCUT2D eigenvalue weighted by Gasteiger charge is 2.13. The van der Waals surface area contributed by atoms with Gasteiger partial charge in [0.05, 0.1) is 17.4 Å². The first-order valence-electron chi connectivity index (χ1n) is 6.77. The van der Waals surface area contributed by atoms with Crippen molar-refractivity contribution in [3.63, 3.8) is 0 Å². The molecule has 2 N–H and O–H groups in total. The SMILES string of the molecule is O=C(O)c1cccnc1CNCCC1CCCCO1. The van der Waals surface area contributed by atoms with Gasteiger partial charge in [-0.15, -0.1) is 0 Å². The monoisotopic (exact) mass is 264 g/mol. The number of aromatic nitrogens is 1. The molecule has 2 rings (SSSR count). The lowest BCUT2D eigenvalue weighted by molar-refractivity contribution is 0.0115. The molecule has 5 heteroatoms. The quantitative estimate of drug-likeness (QED) is 0.767. The van der Waals surface area contributed by atoms with Crippen LogP contribution in [0.4, 0.5) is 0 Å². The molecule has 104 valence electrons. The number of carboxylic acid groups (broad SMARTS) is 1. The first-order chi connectivity index (χ1) is 9.27. The summed E-state index contributed by atoms with van der Waals surface area (Å²) in [6, 6.07) is 3.22. The van der Waals surface area contributed by atoms with E-state index in [0.717, 1.165) is 26.0 Å². The van der Waals surface area contributed by atoms with E-state index in [1.165, 1.54) is 12.8 Å². The molecule has 0 amide bonds. The zero-order valence-electron chi connectivity index (χ0n) is 11.0. The number of carbonyl (C=O) groups is 1. The summed E-state index contributed by atoms with van der Waals surface area (Å²) in [6.07, 6.45) is 6.48. The fourth-order valence-electron chi connectivity index (χ4n) is 2.28. The molecule has 0 radical (unpaired) electrons. The van der Waals surface area contributed by atoms with Gasteiger partial charge in [0.15, 0.2) is 0 Å². The Labute approximate surface area is 113 Å². The van der Waals surface area contributed by atoms with Crippen molar-refractivity contribution in [1.29, 1.82) is 0 Å². The van der Waals surface area contributed by atoms with Gasteiger partial charge in [0.2, 0.25) is 0 Å². The molecule has 1 aromatic heterocycles. The summed E-state index contributed by atoms with van der Waals surface area (Å²) < 4.78 is 5.64. The molecule has 1 saturated heterocycles. The van der Waals surface area contributed by atoms with Crippen LogP contribution in [0, 0.1) is 0 Å². The van der Waals surface area contributed by atoms with Crippen LogP contribution >= 0.6 is 0 Å². The van der Waals surface area contributed by atoms with Gasteiger partial charge in [0.1, 0.15) is 0 Å². The fraction of sp³-hybridized carbons (Fsp3) is 0.571. The number of rotatable bonds is 6. The van der Waals surface area contributed by atoms with E-state index in [1.807, 2.05) is 0 Å². The van der Waals surface area contributed by atoms with Crippen LogP contribution in [0.2, 0.25) is 0 Å². The summed E-state index contributed by atoms with van der Waals surface area (Å²) in [6.45, 7) is 2.17. The summed E-state index contributed by atoms with van der Waals surface area (Å²) in [5.74, 6) is -0.930. The second-order valence-corrected chi connectivity index (χ2v) is 4.76. The maximum Gasteiger partial charge on any atom is 0.337 e. The summed E-state index contributed by atoms with van der Waals surface area (Å²) >= 11 is 0. The zero-order valence-corrected chi connectivity index (χ0v) is 11.0. The van der Waals surface area contributed by atoms with Crippen LogP contribution in [0.3, 0.4) is 0 Å². The first-order valence-corrected chi connectivity index (χ1v) is 6.77. The first kappa shape index (κ1) is 14.0. The highest BCUT2D eigenvalue weighted by molar-refractivity contribution is 5.88. The Morgan fingerprint density at radius 3 is 3.16 bits per heavy atom. The molecule has 1 fully saturated rings. The summed E-state index contributed by atoms with van der Waals surface area (Å²) in [5, 5.41) is 12.3. The number of nitrogens with one attached hydrogen (secondary N) is 1. The largest absolute Gasteiger partial charge is 0.478 e. The molecule has 0 spiro atoms. The number of hydrogen-bond donors (Lipinski definition) is 2. The van der Waals surface area contributed by atoms with Crippen LogP contribution in [-0.4, -0.2) is 35.3 Å². The minimum atomic E-state index is -0.930. The Hall–Kier alpha value is -1.46. The van der Waals surface area contributed by atoms with E-state index in [0.29, 0.717) is 18.3 Å². The van der Waals surface area contributed by atoms with Gasteiger partial charge in [0, 0.05) is 19.3 Å². The van der Waals surface area contributed by atoms with E-state index in [9.17, 15) is 4.79 Å². The van der Waals surface area contributed by atoms with Crippen molar-refractivity contribution in [2.75, 3.05) is 13.2 Å². The van der Waals surface area contributed by atoms with Gasteiger partial charge in [-0.25, -0.2) is 4.79 Å². The Morgan fingerprint density at radius 1 is 1.53 bits per heavy atom. The van der Waals surface area contributed by atoms with E-state index in [-0.39, 0.29) is 5.56 Å². The highest BCUT2D eigenvalue weighted by atomic mass is 16.5. The topological polar surface area (TPSA) is 71.5 Å². The molecule has 1 aromatic rings. The Kier molecular flexibility index (Phi) is 5.30. The number of nitrogens with zero attached hydrogens (tertiary/aromatic N) is 1. The lowest BCUT2D eigenvalue weighted by atomic mass is 10.1. The zero-order chi connectivity index (χ0) is 13.5. The maximum atomic E-state index is 11.0. The molecule has 5 nitrogen and oxygen atoms in total. The summed E-state index contributed by atoms with van der Waals surface area (Å²) in [7, 11) is 0. The van der Waals surface area contributed by atoms with Crippen molar-refractivity contribution < 1.29 is 14.6 Å². The molecule has 0 aromatic carbocycles. The summed E-state index contributed by atoms with van der Waals surface area (Å²) in [4.78, 5) is 15.1. The lowest BCUT2D eigenvalue weighted by Gasteiger charge is -2.22. The number of pyridine rings is 1. The average molecular weight is 264 g/mol. The third-order valence-electron chi connectivity index (χ3n) is 3.33. The van der Waals surface area contributed by atoms with Gasteiger partial charge >= 0.3 is 5.97 Å². The molecule has 1 unspecified atom stereocenters. The summed E-state index contributed by atoms with van der Waals surface area (Å²) in [5.41, 5.74) is 0.850. The predicted octanol–water partition coefficient (Wildman–Crippen LogP) is 1.83. The third-order valence-corrected chi connectivity index (χ3v) is 3.33. The van der Waals surface area contributed by atoms with Crippen LogP contribution in [0.25, 0.3) is 0 Å². The lowest BCUT2D eigenvalue weighted by Crippen LogP contribution is -2.25. The standard InChI is InChI=1S/C14H20N2O3/c17-14(18)12-5-3-7-16-13(12)10-15-8-6-11-4-1-2-9-19-11/h3,5,7,11,15H,1-2,4,6,8-10H2,(H,17,18). The van der Waals surface area contributed by atoms with Gasteiger partial charge < -0.3 is 15.2 Å². The maximum absolute atomic E-state index is 11.0. The van der Waals surface area contributed by atoms with Gasteiger partial charge in [-0.1, -0.05) is 0 Å². The Bertz CT molecular complexity index is 417. The van der Waals surface area contributed by atoms with Crippen molar-refractivity contribution in [2.45, 2.75) is 38.3 Å². The van der Waals surface area contributed by atoms with Crippen LogP contribution in [0.1, 0.15) is 41.7 Å². The molecule has 0 bridgehead atoms. The van der Waals surface area contributed by atoms with E-state index in [4.69, 9.17) is 9.84 Å². The Balaban J connectivity index is 1.74. The molecular weight excluding hydrogens is 244 g/mol. The van der Waals surface area contributed by atoms with E-state index >= 15 is 0 Å². The highest BCUT2D eigenvalue weighted by Crippen LogP contribution is 2.15. The minimum absolute atomic E-state index is 0.268. The fourth-order valence-corrected chi connectivity index (χ4v) is 2.28. The van der Waals surface area contributed by atoms with E-state index < -0.39 is 5.97 Å². The number of hydrogen-bond acceptors (Lipinski definition) is 4. The third kappa shape index (κ3) is 4.29. The van der Waals surface area contributed by atoms with Crippen molar-refractivity contribution >= 4 is 5.97 Å². The molecule has 1 aliphatic heterocycles. The second-order valence-electron chi connectivity index (χ2n) is 4.76. The molecular formula is C14H20N2O3. The van der Waals surface area contributed by atoms with Gasteiger partial charge in [-0.3, -0.25) is 4.98 Å². The molecule has 1 aliphatic rings. The van der Waals surface area contributed by atoms with E-state index in [2.05, 4.69) is 10.3 Å². The van der Waals surface area contributed by atoms with Crippen LogP contribution in [0.15, 0.2) is 18.3 Å². The van der Waals surface area contributed by atoms with E-state index in [1.54, 1.807) is 18.3 Å². The molecule has 0 aliphatic carbocycles. The molecule has 1 atom stereocenters. The van der Waals surface area contributed by atoms with Crippen LogP contribution < -0.4 is 5.32 Å². The van der Waals surface area contributed by atoms with Crippen LogP contribution in [-0.2, 0) is 11.3 Å². The number of aromatic carboxylic acids is 1. The van der Waals surface area contributed by atoms with Crippen molar-refractivity contribution in [3.8, 4) is 0 Å². The van der Waals surface area contributed by atoms with Gasteiger partial charge in [-0.2, -0.15) is 0 Å². The van der Waals surface area contributed by atoms with Crippen LogP contribution in [0.5, 0.6) is 0 Å². The van der Waals surface area contributed by atoms with Crippen molar-refractivity contribution in [2.24, 2.45) is 0 Å². The predicted molar refractivity (Wildman–Crippen MR) is 71.1 cm³/mol. The van der Waals surface area contributed by atoms with Gasteiger partial charge in [0.25, 0.3) is 0 Å². The number of carboxylic acids is 1. The normalized spacial score (nSPS) is 19.3. The Morgan fingerprint density at radius 2 is 2.42 bits per heavy atom. The van der Waals surface area contributed by atoms with Crippen molar-refractivity contribution in [1.82, 2.24) is 10.3 Å². The molecule has 19 heavy (non-hydrogen) atoms. The minimum Gasteiger partial charge on any atom is -0.478 e. The average Bonchev–Trinajstić information content (AvgIpc) is 2.45. The second kappa shape index (κ2) is 7.21. The van der Waals surface area contributed by atoms with Crippen molar-refractivity contribution in [3.05, 3.63) is 29.6 Å². The number of ether oxygens (including phenoxy) is 1. The molecule has 0 saturated carbocycles. The molecule has 2 heterocycles. The van der Waals surface area contributed by atoms with Gasteiger partial charge in [-0.05, 0) is 44.4 Å².